The molecule has 1 aliphatic heterocycles. The zero-order valence-corrected chi connectivity index (χ0v) is 7.23. The van der Waals surface area contributed by atoms with Crippen LogP contribution in [0.2, 0.25) is 0 Å². The number of rotatable bonds is 1. The Morgan fingerprint density at radius 2 is 2.15 bits per heavy atom. The highest BCUT2D eigenvalue weighted by Gasteiger charge is 2.20. The molecule has 1 aromatic carbocycles. The number of aromatic hydroxyl groups is 2. The number of hydrogen-bond donors (Lipinski definition) is 2. The molecule has 0 spiro atoms. The minimum absolute atomic E-state index is 0.0974. The molecule has 1 heterocycles. The molecule has 1 saturated heterocycles. The predicted molar refractivity (Wildman–Crippen MR) is 47.9 cm³/mol. The van der Waals surface area contributed by atoms with Gasteiger partial charge in [-0.15, -0.1) is 0 Å². The van der Waals surface area contributed by atoms with E-state index in [9.17, 15) is 5.11 Å². The van der Waals surface area contributed by atoms with Gasteiger partial charge in [0, 0.05) is 18.6 Å². The van der Waals surface area contributed by atoms with Crippen molar-refractivity contribution in [1.82, 2.24) is 0 Å². The summed E-state index contributed by atoms with van der Waals surface area (Å²) in [6.45, 7) is 1.42. The second kappa shape index (κ2) is 3.26. The summed E-state index contributed by atoms with van der Waals surface area (Å²) >= 11 is 0. The number of ether oxygens (including phenoxy) is 1. The van der Waals surface area contributed by atoms with Crippen LogP contribution in [0, 0.1) is 0 Å². The van der Waals surface area contributed by atoms with E-state index in [4.69, 9.17) is 9.84 Å². The smallest absolute Gasteiger partial charge is 0.122 e. The summed E-state index contributed by atoms with van der Waals surface area (Å²) in [5.74, 6) is 0.538. The fourth-order valence-electron chi connectivity index (χ4n) is 1.66. The Kier molecular flexibility index (Phi) is 2.10. The van der Waals surface area contributed by atoms with Gasteiger partial charge >= 0.3 is 0 Å². The molecule has 0 saturated carbocycles. The summed E-state index contributed by atoms with van der Waals surface area (Å²) < 4.78 is 5.22. The highest BCUT2D eigenvalue weighted by molar-refractivity contribution is 5.41. The summed E-state index contributed by atoms with van der Waals surface area (Å²) in [5.41, 5.74) is 0.871. The third-order valence-corrected chi connectivity index (χ3v) is 2.38. The lowest BCUT2D eigenvalue weighted by atomic mass is 9.97. The molecule has 13 heavy (non-hydrogen) atoms. The molecule has 2 rings (SSSR count). The molecule has 1 atom stereocenters. The van der Waals surface area contributed by atoms with Gasteiger partial charge in [-0.3, -0.25) is 0 Å². The molecule has 0 aromatic heterocycles. The van der Waals surface area contributed by atoms with E-state index in [1.54, 1.807) is 12.1 Å². The molecule has 3 heteroatoms. The zero-order valence-electron chi connectivity index (χ0n) is 7.23. The normalized spacial score (nSPS) is 22.0. The summed E-state index contributed by atoms with van der Waals surface area (Å²) in [4.78, 5) is 0. The first-order valence-electron chi connectivity index (χ1n) is 4.37. The molecule has 0 radical (unpaired) electrons. The van der Waals surface area contributed by atoms with Gasteiger partial charge in [-0.05, 0) is 18.1 Å². The molecule has 0 aliphatic carbocycles. The topological polar surface area (TPSA) is 49.7 Å². The first-order chi connectivity index (χ1) is 6.27. The van der Waals surface area contributed by atoms with E-state index in [0.29, 0.717) is 6.61 Å². The van der Waals surface area contributed by atoms with E-state index in [1.807, 2.05) is 0 Å². The Labute approximate surface area is 76.6 Å². The molecule has 70 valence electrons. The summed E-state index contributed by atoms with van der Waals surface area (Å²) in [6, 6.07) is 4.71. The monoisotopic (exact) mass is 180 g/mol. The second-order valence-electron chi connectivity index (χ2n) is 3.30. The maximum Gasteiger partial charge on any atom is 0.122 e. The van der Waals surface area contributed by atoms with Crippen molar-refractivity contribution in [2.24, 2.45) is 0 Å². The maximum atomic E-state index is 9.54. The Bertz CT molecular complexity index is 303. The van der Waals surface area contributed by atoms with Gasteiger partial charge in [-0.1, -0.05) is 6.07 Å². The van der Waals surface area contributed by atoms with Crippen LogP contribution >= 0.6 is 0 Å². The molecular formula is C10H12O3. The van der Waals surface area contributed by atoms with Crippen LogP contribution in [-0.2, 0) is 4.74 Å². The average Bonchev–Trinajstić information content (AvgIpc) is 2.56. The Balaban J connectivity index is 2.29. The largest absolute Gasteiger partial charge is 0.508 e. The molecule has 3 nitrogen and oxygen atoms in total. The highest BCUT2D eigenvalue weighted by atomic mass is 16.5. The van der Waals surface area contributed by atoms with Crippen molar-refractivity contribution in [3.63, 3.8) is 0 Å². The van der Waals surface area contributed by atoms with Crippen molar-refractivity contribution in [3.8, 4) is 11.5 Å². The van der Waals surface area contributed by atoms with Crippen LogP contribution in [0.4, 0.5) is 0 Å². The third-order valence-electron chi connectivity index (χ3n) is 2.38. The van der Waals surface area contributed by atoms with Gasteiger partial charge in [0.15, 0.2) is 0 Å². The van der Waals surface area contributed by atoms with E-state index in [-0.39, 0.29) is 17.4 Å². The van der Waals surface area contributed by atoms with Crippen molar-refractivity contribution in [1.29, 1.82) is 0 Å². The summed E-state index contributed by atoms with van der Waals surface area (Å²) in [6.07, 6.45) is 0.943. The lowest BCUT2D eigenvalue weighted by Crippen LogP contribution is -1.97. The standard InChI is InChI=1S/C10H12O3/c11-8-1-2-9(10(12)5-8)7-3-4-13-6-7/h1-2,5,7,11-12H,3-4,6H2/t7-/m0/s1. The van der Waals surface area contributed by atoms with E-state index >= 15 is 0 Å². The van der Waals surface area contributed by atoms with Gasteiger partial charge in [0.05, 0.1) is 6.61 Å². The van der Waals surface area contributed by atoms with E-state index in [2.05, 4.69) is 0 Å². The molecule has 0 unspecified atom stereocenters. The van der Waals surface area contributed by atoms with Crippen molar-refractivity contribution in [2.75, 3.05) is 13.2 Å². The molecule has 0 bridgehead atoms. The lowest BCUT2D eigenvalue weighted by molar-refractivity contribution is 0.193. The van der Waals surface area contributed by atoms with Gasteiger partial charge in [0.2, 0.25) is 0 Å². The van der Waals surface area contributed by atoms with E-state index in [0.717, 1.165) is 18.6 Å². The van der Waals surface area contributed by atoms with Crippen LogP contribution in [-0.4, -0.2) is 23.4 Å². The highest BCUT2D eigenvalue weighted by Crippen LogP contribution is 2.33. The van der Waals surface area contributed by atoms with Gasteiger partial charge in [0.1, 0.15) is 11.5 Å². The average molecular weight is 180 g/mol. The number of hydrogen-bond acceptors (Lipinski definition) is 3. The van der Waals surface area contributed by atoms with Gasteiger partial charge in [-0.25, -0.2) is 0 Å². The predicted octanol–water partition coefficient (Wildman–Crippen LogP) is 1.60. The van der Waals surface area contributed by atoms with Crippen molar-refractivity contribution in [3.05, 3.63) is 23.8 Å². The van der Waals surface area contributed by atoms with Crippen LogP contribution in [0.3, 0.4) is 0 Å². The quantitative estimate of drug-likeness (QED) is 0.690. The Hall–Kier alpha value is -1.22. The minimum Gasteiger partial charge on any atom is -0.508 e. The number of benzene rings is 1. The maximum absolute atomic E-state index is 9.54. The first kappa shape index (κ1) is 8.38. The fraction of sp³-hybridized carbons (Fsp3) is 0.400. The van der Waals surface area contributed by atoms with Crippen LogP contribution in [0.5, 0.6) is 11.5 Å². The van der Waals surface area contributed by atoms with Crippen LogP contribution in [0.25, 0.3) is 0 Å². The van der Waals surface area contributed by atoms with E-state index < -0.39 is 0 Å². The van der Waals surface area contributed by atoms with Gasteiger partial charge in [0.25, 0.3) is 0 Å². The zero-order chi connectivity index (χ0) is 9.26. The van der Waals surface area contributed by atoms with Crippen LogP contribution < -0.4 is 0 Å². The van der Waals surface area contributed by atoms with Gasteiger partial charge in [-0.2, -0.15) is 0 Å². The Morgan fingerprint density at radius 1 is 1.31 bits per heavy atom. The summed E-state index contributed by atoms with van der Waals surface area (Å²) in [5, 5.41) is 18.6. The lowest BCUT2D eigenvalue weighted by Gasteiger charge is -2.09. The fourth-order valence-corrected chi connectivity index (χ4v) is 1.66. The SMILES string of the molecule is Oc1ccc([C@H]2CCOC2)c(O)c1. The van der Waals surface area contributed by atoms with Crippen molar-refractivity contribution < 1.29 is 14.9 Å². The van der Waals surface area contributed by atoms with Crippen LogP contribution in [0.15, 0.2) is 18.2 Å². The second-order valence-corrected chi connectivity index (χ2v) is 3.30. The molecule has 1 aromatic rings. The van der Waals surface area contributed by atoms with Crippen molar-refractivity contribution >= 4 is 0 Å². The molecule has 1 fully saturated rings. The minimum atomic E-state index is 0.0974. The van der Waals surface area contributed by atoms with Crippen LogP contribution in [0.1, 0.15) is 17.9 Å². The Morgan fingerprint density at radius 3 is 2.77 bits per heavy atom. The molecular weight excluding hydrogens is 168 g/mol. The first-order valence-corrected chi connectivity index (χ1v) is 4.37. The molecule has 2 N–H and O–H groups in total. The number of phenols is 2. The van der Waals surface area contributed by atoms with Gasteiger partial charge < -0.3 is 14.9 Å². The van der Waals surface area contributed by atoms with E-state index in [1.165, 1.54) is 6.07 Å². The molecule has 1 aliphatic rings. The summed E-state index contributed by atoms with van der Waals surface area (Å²) in [7, 11) is 0. The third kappa shape index (κ3) is 1.60. The number of phenolic OH excluding ortho intramolecular Hbond substituents is 2. The van der Waals surface area contributed by atoms with Crippen molar-refractivity contribution in [2.45, 2.75) is 12.3 Å². The molecule has 0 amide bonds.